The highest BCUT2D eigenvalue weighted by atomic mass is 16.4. The van der Waals surface area contributed by atoms with Crippen LogP contribution in [0.3, 0.4) is 0 Å². The maximum atomic E-state index is 9.60. The molecule has 0 rings (SSSR count). The van der Waals surface area contributed by atoms with Crippen molar-refractivity contribution in [2.75, 3.05) is 39.6 Å². The molecule has 0 heterocycles. The quantitative estimate of drug-likeness (QED) is 0.179. The third kappa shape index (κ3) is 58.8. The van der Waals surface area contributed by atoms with Gasteiger partial charge in [-0.25, -0.2) is 4.79 Å². The maximum Gasteiger partial charge on any atom is 0.330 e. The summed E-state index contributed by atoms with van der Waals surface area (Å²) in [5.74, 6) is -0.935. The van der Waals surface area contributed by atoms with Gasteiger partial charge in [-0.1, -0.05) is 6.58 Å². The zero-order chi connectivity index (χ0) is 21.8. The molecule has 0 spiro atoms. The third-order valence-corrected chi connectivity index (χ3v) is 2.81. The van der Waals surface area contributed by atoms with Gasteiger partial charge in [0.1, 0.15) is 0 Å². The lowest BCUT2D eigenvalue weighted by atomic mass is 10.2. The first kappa shape index (κ1) is 33.5. The molecule has 0 saturated carbocycles. The van der Waals surface area contributed by atoms with E-state index < -0.39 is 5.97 Å². The second kappa shape index (κ2) is 36.0. The van der Waals surface area contributed by atoms with Crippen molar-refractivity contribution in [3.05, 3.63) is 12.2 Å². The van der Waals surface area contributed by atoms with Crippen molar-refractivity contribution in [1.29, 1.82) is 0 Å². The minimum Gasteiger partial charge on any atom is -0.478 e. The van der Waals surface area contributed by atoms with Gasteiger partial charge in [0.25, 0.3) is 0 Å². The molecule has 0 atom stereocenters. The summed E-state index contributed by atoms with van der Waals surface area (Å²) in [6.45, 7) is 6.10. The topological polar surface area (TPSA) is 159 Å². The number of hydrogen-bond acceptors (Lipinski definition) is 7. The summed E-state index contributed by atoms with van der Waals surface area (Å²) in [6.07, 6.45) is 7.73. The number of hydrogen-bond donors (Lipinski definition) is 7. The number of aliphatic hydroxyl groups is 6. The average Bonchev–Trinajstić information content (AvgIpc) is 2.65. The van der Waals surface area contributed by atoms with Crippen molar-refractivity contribution >= 4 is 5.97 Å². The molecule has 8 nitrogen and oxygen atoms in total. The molecule has 0 amide bonds. The molecule has 0 unspecified atom stereocenters. The summed E-state index contributed by atoms with van der Waals surface area (Å²) in [7, 11) is 0. The normalized spacial score (nSPS) is 9.00. The Morgan fingerprint density at radius 2 is 0.704 bits per heavy atom. The summed E-state index contributed by atoms with van der Waals surface area (Å²) >= 11 is 0. The smallest absolute Gasteiger partial charge is 0.330 e. The fraction of sp³-hybridized carbons (Fsp3) is 0.842. The van der Waals surface area contributed by atoms with Crippen LogP contribution in [0.2, 0.25) is 0 Å². The van der Waals surface area contributed by atoms with E-state index in [1.165, 1.54) is 6.92 Å². The molecule has 0 aliphatic rings. The Balaban J connectivity index is -0.000000131. The molecule has 0 saturated heterocycles. The highest BCUT2D eigenvalue weighted by molar-refractivity contribution is 5.84. The van der Waals surface area contributed by atoms with Crippen LogP contribution in [0.4, 0.5) is 0 Å². The van der Waals surface area contributed by atoms with E-state index in [1.807, 2.05) is 0 Å². The molecule has 0 aromatic carbocycles. The van der Waals surface area contributed by atoms with Gasteiger partial charge in [0, 0.05) is 45.2 Å². The van der Waals surface area contributed by atoms with Crippen molar-refractivity contribution < 1.29 is 40.5 Å². The van der Waals surface area contributed by atoms with Gasteiger partial charge in [-0.3, -0.25) is 0 Å². The second-order valence-corrected chi connectivity index (χ2v) is 5.61. The lowest BCUT2D eigenvalue weighted by Gasteiger charge is -1.90. The zero-order valence-corrected chi connectivity index (χ0v) is 16.9. The Kier molecular flexibility index (Phi) is 44.7. The van der Waals surface area contributed by atoms with Crippen molar-refractivity contribution in [1.82, 2.24) is 0 Å². The molecule has 27 heavy (non-hydrogen) atoms. The van der Waals surface area contributed by atoms with E-state index in [1.54, 1.807) is 0 Å². The largest absolute Gasteiger partial charge is 0.478 e. The first-order valence-corrected chi connectivity index (χ1v) is 9.43. The molecular weight excluding hydrogens is 356 g/mol. The van der Waals surface area contributed by atoms with E-state index in [0.29, 0.717) is 0 Å². The van der Waals surface area contributed by atoms with Crippen LogP contribution in [0.1, 0.15) is 64.7 Å². The fourth-order valence-corrected chi connectivity index (χ4v) is 1.20. The predicted molar refractivity (Wildman–Crippen MR) is 107 cm³/mol. The molecule has 0 bridgehead atoms. The van der Waals surface area contributed by atoms with Crippen LogP contribution in [-0.2, 0) is 4.79 Å². The predicted octanol–water partition coefficient (Wildman–Crippen LogP) is 1.07. The van der Waals surface area contributed by atoms with E-state index >= 15 is 0 Å². The van der Waals surface area contributed by atoms with Gasteiger partial charge in [-0.2, -0.15) is 0 Å². The van der Waals surface area contributed by atoms with Crippen LogP contribution in [-0.4, -0.2) is 81.4 Å². The minimum atomic E-state index is -0.935. The molecule has 0 radical (unpaired) electrons. The average molecular weight is 399 g/mol. The molecule has 0 aromatic heterocycles. The number of unbranched alkanes of at least 4 members (excludes halogenated alkanes) is 6. The number of aliphatic carboxylic acids is 1. The van der Waals surface area contributed by atoms with Gasteiger partial charge in [0.05, 0.1) is 0 Å². The Hall–Kier alpha value is -1.03. The highest BCUT2D eigenvalue weighted by Crippen LogP contribution is 1.91. The van der Waals surface area contributed by atoms with E-state index in [2.05, 4.69) is 6.58 Å². The molecule has 0 aromatic rings. The van der Waals surface area contributed by atoms with Crippen molar-refractivity contribution in [2.24, 2.45) is 0 Å². The monoisotopic (exact) mass is 398 g/mol. The Bertz CT molecular complexity index is 225. The fourth-order valence-electron chi connectivity index (χ4n) is 1.20. The lowest BCUT2D eigenvalue weighted by molar-refractivity contribution is -0.132. The van der Waals surface area contributed by atoms with Gasteiger partial charge in [-0.15, -0.1) is 0 Å². The van der Waals surface area contributed by atoms with Crippen molar-refractivity contribution in [3.63, 3.8) is 0 Å². The number of carbonyl (C=O) groups is 1. The molecule has 7 N–H and O–H groups in total. The highest BCUT2D eigenvalue weighted by Gasteiger charge is 1.90. The van der Waals surface area contributed by atoms with Crippen LogP contribution in [0.25, 0.3) is 0 Å². The maximum absolute atomic E-state index is 9.60. The van der Waals surface area contributed by atoms with Crippen LogP contribution >= 0.6 is 0 Å². The summed E-state index contributed by atoms with van der Waals surface area (Å²) in [6, 6.07) is 0. The van der Waals surface area contributed by atoms with Crippen molar-refractivity contribution in [2.45, 2.75) is 64.7 Å². The lowest BCUT2D eigenvalue weighted by Crippen LogP contribution is -1.92. The van der Waals surface area contributed by atoms with Crippen LogP contribution in [0.15, 0.2) is 12.2 Å². The number of carboxylic acids is 1. The number of aliphatic hydroxyl groups excluding tert-OH is 6. The summed E-state index contributed by atoms with van der Waals surface area (Å²) in [5, 5.41) is 57.2. The summed E-state index contributed by atoms with van der Waals surface area (Å²) < 4.78 is 0. The van der Waals surface area contributed by atoms with E-state index in [9.17, 15) is 4.79 Å². The van der Waals surface area contributed by atoms with Crippen molar-refractivity contribution in [3.8, 4) is 0 Å². The first-order chi connectivity index (χ1) is 12.9. The molecule has 8 heteroatoms. The summed E-state index contributed by atoms with van der Waals surface area (Å²) in [5.41, 5.74) is 0.176. The molecule has 0 aliphatic carbocycles. The Labute approximate surface area is 163 Å². The summed E-state index contributed by atoms with van der Waals surface area (Å²) in [4.78, 5) is 9.60. The van der Waals surface area contributed by atoms with Gasteiger partial charge in [-0.05, 0) is 64.7 Å². The molecule has 0 fully saturated rings. The third-order valence-electron chi connectivity index (χ3n) is 2.81. The molecule has 0 aliphatic heterocycles. The van der Waals surface area contributed by atoms with Crippen LogP contribution < -0.4 is 0 Å². The number of carboxylic acid groups (broad SMARTS) is 1. The van der Waals surface area contributed by atoms with E-state index in [0.717, 1.165) is 57.8 Å². The standard InChI is InChI=1S/3C5H12O2.C4H6O2/c3*6-4-2-1-3-5-7;1-3(2)4(5)6/h3*6-7H,1-5H2;1H2,2H3,(H,5,6). The zero-order valence-electron chi connectivity index (χ0n) is 16.9. The van der Waals surface area contributed by atoms with Gasteiger partial charge >= 0.3 is 5.97 Å². The van der Waals surface area contributed by atoms with Gasteiger partial charge < -0.3 is 35.7 Å². The molecular formula is C19H42O8. The second-order valence-electron chi connectivity index (χ2n) is 5.61. The van der Waals surface area contributed by atoms with Crippen LogP contribution in [0, 0.1) is 0 Å². The molecule has 166 valence electrons. The minimum absolute atomic E-state index is 0.176. The first-order valence-electron chi connectivity index (χ1n) is 9.43. The van der Waals surface area contributed by atoms with Crippen LogP contribution in [0.5, 0.6) is 0 Å². The SMILES string of the molecule is C=C(C)C(=O)O.OCCCCCO.OCCCCCO.OCCCCCO. The van der Waals surface area contributed by atoms with E-state index in [4.69, 9.17) is 35.7 Å². The van der Waals surface area contributed by atoms with Gasteiger partial charge in [0.2, 0.25) is 0 Å². The van der Waals surface area contributed by atoms with E-state index in [-0.39, 0.29) is 45.2 Å². The Morgan fingerprint density at radius 3 is 0.778 bits per heavy atom. The Morgan fingerprint density at radius 1 is 0.556 bits per heavy atom. The van der Waals surface area contributed by atoms with Gasteiger partial charge in [0.15, 0.2) is 0 Å². The number of rotatable bonds is 13.